The van der Waals surface area contributed by atoms with E-state index in [1.807, 2.05) is 12.2 Å². The lowest BCUT2D eigenvalue weighted by Gasteiger charge is -2.31. The molecule has 0 aromatic carbocycles. The maximum absolute atomic E-state index is 12.1. The van der Waals surface area contributed by atoms with Gasteiger partial charge in [-0.2, -0.15) is 0 Å². The summed E-state index contributed by atoms with van der Waals surface area (Å²) in [4.78, 5) is 12.1. The summed E-state index contributed by atoms with van der Waals surface area (Å²) in [5, 5.41) is 6.21. The van der Waals surface area contributed by atoms with E-state index in [1.54, 1.807) is 7.05 Å². The van der Waals surface area contributed by atoms with Gasteiger partial charge in [0.1, 0.15) is 5.54 Å². The summed E-state index contributed by atoms with van der Waals surface area (Å²) < 4.78 is 0. The number of carbonyl (C=O) groups excluding carboxylic acids is 1. The van der Waals surface area contributed by atoms with Crippen molar-refractivity contribution >= 4 is 14.0 Å². The van der Waals surface area contributed by atoms with Crippen molar-refractivity contribution in [1.82, 2.24) is 10.4 Å². The summed E-state index contributed by atoms with van der Waals surface area (Å²) in [7, 11) is 1.33. The van der Waals surface area contributed by atoms with E-state index in [0.29, 0.717) is 12.8 Å². The summed E-state index contributed by atoms with van der Waals surface area (Å²) in [6.45, 7) is 11.8. The molecule has 0 saturated heterocycles. The molecule has 0 fully saturated rings. The number of rotatable bonds is 5. The highest BCUT2D eigenvalue weighted by Crippen LogP contribution is 2.40. The zero-order chi connectivity index (χ0) is 13.1. The van der Waals surface area contributed by atoms with E-state index >= 15 is 0 Å². The standard InChI is InChI=1S/C13H21N2OP/c1-6-10-8-13(12(16)14-3,15-17(4)5)9-11(10)7-2/h6-7,15H,1-2,8-9H2,3-5H3,(H,14,16). The molecule has 0 aromatic rings. The van der Waals surface area contributed by atoms with Crippen LogP contribution in [0.1, 0.15) is 12.8 Å². The number of nitrogens with one attached hydrogen (secondary N) is 2. The van der Waals surface area contributed by atoms with Gasteiger partial charge in [0.25, 0.3) is 0 Å². The van der Waals surface area contributed by atoms with Crippen LogP contribution in [0.5, 0.6) is 0 Å². The highest BCUT2D eigenvalue weighted by molar-refractivity contribution is 7.53. The molecule has 1 aliphatic rings. The minimum atomic E-state index is -0.517. The van der Waals surface area contributed by atoms with E-state index in [4.69, 9.17) is 0 Å². The topological polar surface area (TPSA) is 41.1 Å². The first kappa shape index (κ1) is 14.1. The van der Waals surface area contributed by atoms with Crippen molar-refractivity contribution in [3.63, 3.8) is 0 Å². The highest BCUT2D eigenvalue weighted by atomic mass is 31.1. The van der Waals surface area contributed by atoms with Crippen LogP contribution < -0.4 is 10.4 Å². The van der Waals surface area contributed by atoms with Gasteiger partial charge in [0.15, 0.2) is 0 Å². The maximum Gasteiger partial charge on any atom is 0.241 e. The molecule has 0 saturated carbocycles. The average molecular weight is 252 g/mol. The fraction of sp³-hybridized carbons (Fsp3) is 0.462. The van der Waals surface area contributed by atoms with Gasteiger partial charge in [-0.1, -0.05) is 25.3 Å². The van der Waals surface area contributed by atoms with Gasteiger partial charge in [-0.3, -0.25) is 9.88 Å². The van der Waals surface area contributed by atoms with Crippen molar-refractivity contribution in [3.8, 4) is 0 Å². The monoisotopic (exact) mass is 252 g/mol. The third-order valence-corrected chi connectivity index (χ3v) is 3.86. The second-order valence-corrected chi connectivity index (χ2v) is 6.49. The molecule has 0 unspecified atom stereocenters. The normalized spacial score (nSPS) is 18.4. The molecule has 0 atom stereocenters. The van der Waals surface area contributed by atoms with Gasteiger partial charge in [-0.25, -0.2) is 0 Å². The number of hydrogen-bond donors (Lipinski definition) is 2. The summed E-state index contributed by atoms with van der Waals surface area (Å²) >= 11 is 0. The first-order chi connectivity index (χ1) is 7.99. The van der Waals surface area contributed by atoms with Crippen LogP contribution >= 0.6 is 8.07 Å². The van der Waals surface area contributed by atoms with Crippen LogP contribution in [0.3, 0.4) is 0 Å². The van der Waals surface area contributed by atoms with Crippen molar-refractivity contribution in [2.24, 2.45) is 0 Å². The molecule has 3 nitrogen and oxygen atoms in total. The van der Waals surface area contributed by atoms with Gasteiger partial charge < -0.3 is 5.32 Å². The van der Waals surface area contributed by atoms with E-state index in [1.165, 1.54) is 0 Å². The van der Waals surface area contributed by atoms with E-state index in [-0.39, 0.29) is 14.0 Å². The molecular formula is C13H21N2OP. The lowest BCUT2D eigenvalue weighted by Crippen LogP contribution is -2.52. The molecule has 0 spiro atoms. The Morgan fingerprint density at radius 1 is 1.29 bits per heavy atom. The summed E-state index contributed by atoms with van der Waals surface area (Å²) in [6, 6.07) is 0. The maximum atomic E-state index is 12.1. The minimum Gasteiger partial charge on any atom is -0.358 e. The quantitative estimate of drug-likeness (QED) is 0.736. The molecule has 1 amide bonds. The molecule has 1 aliphatic carbocycles. The van der Waals surface area contributed by atoms with Crippen molar-refractivity contribution in [2.45, 2.75) is 18.4 Å². The van der Waals surface area contributed by atoms with Crippen molar-refractivity contribution in [2.75, 3.05) is 20.4 Å². The number of amides is 1. The molecule has 1 rings (SSSR count). The molecule has 17 heavy (non-hydrogen) atoms. The van der Waals surface area contributed by atoms with Crippen LogP contribution in [-0.4, -0.2) is 31.8 Å². The molecule has 4 heteroatoms. The van der Waals surface area contributed by atoms with E-state index < -0.39 is 5.54 Å². The van der Waals surface area contributed by atoms with Crippen LogP contribution in [0.25, 0.3) is 0 Å². The Kier molecular flexibility index (Phi) is 4.67. The first-order valence-electron chi connectivity index (χ1n) is 5.63. The predicted molar refractivity (Wildman–Crippen MR) is 75.4 cm³/mol. The summed E-state index contributed by atoms with van der Waals surface area (Å²) in [6.07, 6.45) is 5.05. The van der Waals surface area contributed by atoms with Gasteiger partial charge in [-0.05, 0) is 32.5 Å². The Morgan fingerprint density at radius 3 is 2.06 bits per heavy atom. The SMILES string of the molecule is C=CC1=C(C=C)CC(NP(C)C)(C(=O)NC)C1. The van der Waals surface area contributed by atoms with Crippen molar-refractivity contribution in [1.29, 1.82) is 0 Å². The minimum absolute atomic E-state index is 0.0462. The number of likely N-dealkylation sites (N-methyl/N-ethyl adjacent to an activating group) is 1. The Morgan fingerprint density at radius 2 is 1.76 bits per heavy atom. The second-order valence-electron chi connectivity index (χ2n) is 4.48. The lowest BCUT2D eigenvalue weighted by atomic mass is 9.94. The third-order valence-electron chi connectivity index (χ3n) is 2.99. The highest BCUT2D eigenvalue weighted by Gasteiger charge is 2.43. The predicted octanol–water partition coefficient (Wildman–Crippen LogP) is 2.18. The Balaban J connectivity index is 3.03. The molecule has 2 N–H and O–H groups in total. The van der Waals surface area contributed by atoms with Gasteiger partial charge >= 0.3 is 0 Å². The Labute approximate surface area is 105 Å². The molecular weight excluding hydrogens is 231 g/mol. The third kappa shape index (κ3) is 2.85. The van der Waals surface area contributed by atoms with Gasteiger partial charge in [0.05, 0.1) is 0 Å². The smallest absolute Gasteiger partial charge is 0.241 e. The molecule has 0 aliphatic heterocycles. The van der Waals surface area contributed by atoms with E-state index in [2.05, 4.69) is 36.9 Å². The van der Waals surface area contributed by atoms with Crippen LogP contribution in [0.4, 0.5) is 0 Å². The van der Waals surface area contributed by atoms with Crippen LogP contribution in [0.2, 0.25) is 0 Å². The van der Waals surface area contributed by atoms with Crippen molar-refractivity contribution < 1.29 is 4.79 Å². The van der Waals surface area contributed by atoms with E-state index in [0.717, 1.165) is 11.1 Å². The zero-order valence-electron chi connectivity index (χ0n) is 10.8. The summed E-state index contributed by atoms with van der Waals surface area (Å²) in [5.74, 6) is 0.0462. The molecule has 0 heterocycles. The molecule has 0 bridgehead atoms. The molecule has 0 aromatic heterocycles. The van der Waals surface area contributed by atoms with Gasteiger partial charge in [0, 0.05) is 19.9 Å². The van der Waals surface area contributed by atoms with Crippen molar-refractivity contribution in [3.05, 3.63) is 36.5 Å². The van der Waals surface area contributed by atoms with Gasteiger partial charge in [-0.15, -0.1) is 0 Å². The number of carbonyl (C=O) groups is 1. The molecule has 94 valence electrons. The van der Waals surface area contributed by atoms with Crippen LogP contribution in [0, 0.1) is 0 Å². The summed E-state index contributed by atoms with van der Waals surface area (Å²) in [5.41, 5.74) is 1.72. The fourth-order valence-electron chi connectivity index (χ4n) is 2.30. The van der Waals surface area contributed by atoms with Crippen LogP contribution in [0.15, 0.2) is 36.5 Å². The number of hydrogen-bond acceptors (Lipinski definition) is 2. The van der Waals surface area contributed by atoms with Gasteiger partial charge in [0.2, 0.25) is 5.91 Å². The first-order valence-corrected chi connectivity index (χ1v) is 7.87. The molecule has 0 radical (unpaired) electrons. The van der Waals surface area contributed by atoms with E-state index in [9.17, 15) is 4.79 Å². The fourth-order valence-corrected chi connectivity index (χ4v) is 3.42. The Bertz CT molecular complexity index is 352. The second kappa shape index (κ2) is 5.61. The Hall–Kier alpha value is -0.920. The zero-order valence-corrected chi connectivity index (χ0v) is 11.7. The average Bonchev–Trinajstić information content (AvgIpc) is 2.66. The number of allylic oxidation sites excluding steroid dienone is 2. The largest absolute Gasteiger partial charge is 0.358 e. The van der Waals surface area contributed by atoms with Crippen LogP contribution in [-0.2, 0) is 4.79 Å². The lowest BCUT2D eigenvalue weighted by molar-refractivity contribution is -0.126.